The zero-order chi connectivity index (χ0) is 29.8. The highest BCUT2D eigenvalue weighted by molar-refractivity contribution is 7.95. The molecule has 0 aliphatic heterocycles. The normalized spacial score (nSPS) is 11.1. The van der Waals surface area contributed by atoms with Gasteiger partial charge >= 0.3 is 0 Å². The Labute approximate surface area is 260 Å². The van der Waals surface area contributed by atoms with Crippen LogP contribution in [0.1, 0.15) is 69.9 Å². The number of ether oxygens (including phenoxy) is 2. The monoisotopic (exact) mass is 601 g/mol. The molecule has 0 radical (unpaired) electrons. The van der Waals surface area contributed by atoms with Gasteiger partial charge in [-0.15, -0.1) is 0 Å². The Morgan fingerprint density at radius 3 is 1.33 bits per heavy atom. The molecule has 0 aliphatic carbocycles. The van der Waals surface area contributed by atoms with Crippen molar-refractivity contribution in [2.24, 2.45) is 0 Å². The van der Waals surface area contributed by atoms with Crippen LogP contribution in [0.25, 0.3) is 0 Å². The van der Waals surface area contributed by atoms with Gasteiger partial charge in [-0.05, 0) is 69.0 Å². The van der Waals surface area contributed by atoms with E-state index in [4.69, 9.17) is 9.47 Å². The predicted molar refractivity (Wildman–Crippen MR) is 185 cm³/mol. The number of methoxy groups -OCH3 is 2. The quantitative estimate of drug-likeness (QED) is 0.0766. The topological polar surface area (TPSA) is 58.9 Å². The van der Waals surface area contributed by atoms with E-state index in [1.807, 2.05) is 6.92 Å². The second-order valence-electron chi connectivity index (χ2n) is 11.0. The lowest BCUT2D eigenvalue weighted by atomic mass is 9.98. The second-order valence-corrected chi connectivity index (χ2v) is 14.6. The molecule has 5 heteroatoms. The van der Waals surface area contributed by atoms with Crippen molar-refractivity contribution in [1.82, 2.24) is 0 Å². The number of rotatable bonds is 16. The number of hydrogen-bond donors (Lipinski definition) is 2. The molecule has 43 heavy (non-hydrogen) atoms. The lowest BCUT2D eigenvalue weighted by molar-refractivity contribution is 0.313. The molecule has 4 aromatic carbocycles. The minimum Gasteiger partial charge on any atom is -0.504 e. The van der Waals surface area contributed by atoms with Gasteiger partial charge in [-0.1, -0.05) is 94.1 Å². The number of aromatic hydroxyl groups is 2. The van der Waals surface area contributed by atoms with E-state index in [1.54, 1.807) is 0 Å². The van der Waals surface area contributed by atoms with Crippen molar-refractivity contribution >= 4 is 23.2 Å². The van der Waals surface area contributed by atoms with Crippen molar-refractivity contribution in [3.63, 3.8) is 0 Å². The second kappa shape index (κ2) is 17.0. The van der Waals surface area contributed by atoms with Crippen molar-refractivity contribution in [2.75, 3.05) is 20.4 Å². The van der Waals surface area contributed by atoms with Gasteiger partial charge in [0.2, 0.25) is 11.5 Å². The van der Waals surface area contributed by atoms with Crippen LogP contribution >= 0.6 is 7.26 Å². The summed E-state index contributed by atoms with van der Waals surface area (Å²) < 4.78 is 10.5. The van der Waals surface area contributed by atoms with Crippen LogP contribution in [0.3, 0.4) is 0 Å². The number of phenolic OH excluding ortho intramolecular Hbond substituents is 2. The summed E-state index contributed by atoms with van der Waals surface area (Å²) in [7, 11) is 1.21. The van der Waals surface area contributed by atoms with Crippen LogP contribution in [0.15, 0.2) is 91.0 Å². The van der Waals surface area contributed by atoms with Gasteiger partial charge in [0, 0.05) is 11.1 Å². The Kier molecular flexibility index (Phi) is 13.4. The van der Waals surface area contributed by atoms with Crippen LogP contribution in [0.4, 0.5) is 0 Å². The first kappa shape index (κ1) is 34.0. The maximum atomic E-state index is 10.7. The average Bonchev–Trinajstić information content (AvgIpc) is 3.04. The van der Waals surface area contributed by atoms with Crippen molar-refractivity contribution in [3.8, 4) is 23.0 Å². The van der Waals surface area contributed by atoms with Gasteiger partial charge in [-0.3, -0.25) is 0 Å². The highest BCUT2D eigenvalue weighted by atomic mass is 31.2. The summed E-state index contributed by atoms with van der Waals surface area (Å²) in [6.07, 6.45) is 11.3. The number of phenols is 2. The fraction of sp³-hybridized carbons (Fsp3) is 0.368. The number of unbranched alkanes of at least 4 members (excludes halogenated alkanes) is 7. The molecule has 4 aromatic rings. The molecule has 4 rings (SSSR count). The molecule has 0 aliphatic rings. The maximum Gasteiger partial charge on any atom is 0.207 e. The van der Waals surface area contributed by atoms with Gasteiger partial charge in [0.15, 0.2) is 11.5 Å². The van der Waals surface area contributed by atoms with Crippen LogP contribution in [0, 0.1) is 6.92 Å². The van der Waals surface area contributed by atoms with Crippen LogP contribution in [0.5, 0.6) is 23.0 Å². The van der Waals surface area contributed by atoms with Gasteiger partial charge in [0.05, 0.1) is 20.4 Å². The van der Waals surface area contributed by atoms with Gasteiger partial charge in [0.25, 0.3) is 0 Å². The molecule has 0 unspecified atom stereocenters. The number of benzene rings is 4. The SMILES string of the molecule is C.COc1c(O)c(C)c(CCCCCCCCCC[P+](c2ccccc2)(c2ccccc2)c2ccccc2)c(O)c1OC. The minimum absolute atomic E-state index is 0. The molecule has 0 spiro atoms. The van der Waals surface area contributed by atoms with E-state index in [0.29, 0.717) is 12.0 Å². The Bertz CT molecular complexity index is 1280. The molecule has 2 N–H and O–H groups in total. The minimum atomic E-state index is -1.73. The molecule has 0 fully saturated rings. The van der Waals surface area contributed by atoms with E-state index in [-0.39, 0.29) is 30.4 Å². The molecule has 0 aromatic heterocycles. The van der Waals surface area contributed by atoms with Gasteiger partial charge in [-0.25, -0.2) is 0 Å². The maximum absolute atomic E-state index is 10.7. The first-order valence-electron chi connectivity index (χ1n) is 15.2. The summed E-state index contributed by atoms with van der Waals surface area (Å²) in [5.41, 5.74) is 1.40. The average molecular weight is 602 g/mol. The van der Waals surface area contributed by atoms with Crippen molar-refractivity contribution < 1.29 is 19.7 Å². The first-order chi connectivity index (χ1) is 20.5. The van der Waals surface area contributed by atoms with Gasteiger partial charge in [0.1, 0.15) is 23.2 Å². The van der Waals surface area contributed by atoms with E-state index >= 15 is 0 Å². The third-order valence-corrected chi connectivity index (χ3v) is 12.9. The fourth-order valence-corrected chi connectivity index (χ4v) is 10.5. The van der Waals surface area contributed by atoms with E-state index in [9.17, 15) is 10.2 Å². The Morgan fingerprint density at radius 2 is 0.907 bits per heavy atom. The lowest BCUT2D eigenvalue weighted by Crippen LogP contribution is -2.33. The van der Waals surface area contributed by atoms with Crippen LogP contribution in [-0.4, -0.2) is 30.6 Å². The summed E-state index contributed by atoms with van der Waals surface area (Å²) in [4.78, 5) is 0. The third-order valence-electron chi connectivity index (χ3n) is 8.40. The summed E-state index contributed by atoms with van der Waals surface area (Å²) in [5.74, 6) is 0.506. The Hall–Kier alpha value is -3.49. The highest BCUT2D eigenvalue weighted by Gasteiger charge is 2.44. The predicted octanol–water partition coefficient (Wildman–Crippen LogP) is 8.72. The van der Waals surface area contributed by atoms with Crippen molar-refractivity contribution in [2.45, 2.75) is 72.1 Å². The molecule has 0 saturated carbocycles. The molecule has 0 amide bonds. The van der Waals surface area contributed by atoms with E-state index in [2.05, 4.69) is 91.0 Å². The van der Waals surface area contributed by atoms with Crippen molar-refractivity contribution in [3.05, 3.63) is 102 Å². The zero-order valence-corrected chi connectivity index (χ0v) is 26.3. The molecular formula is C38H50O4P+. The summed E-state index contributed by atoms with van der Waals surface area (Å²) in [5, 5.41) is 25.6. The highest BCUT2D eigenvalue weighted by Crippen LogP contribution is 2.56. The fourth-order valence-electron chi connectivity index (χ4n) is 6.12. The lowest BCUT2D eigenvalue weighted by Gasteiger charge is -2.27. The zero-order valence-electron chi connectivity index (χ0n) is 25.4. The largest absolute Gasteiger partial charge is 0.504 e. The summed E-state index contributed by atoms with van der Waals surface area (Å²) >= 11 is 0. The van der Waals surface area contributed by atoms with Crippen LogP contribution < -0.4 is 25.4 Å². The number of hydrogen-bond acceptors (Lipinski definition) is 4. The Balaban J connectivity index is 0.00000506. The molecular weight excluding hydrogens is 551 g/mol. The molecule has 0 atom stereocenters. The molecule has 0 saturated heterocycles. The summed E-state index contributed by atoms with van der Waals surface area (Å²) in [6.45, 7) is 1.82. The molecule has 230 valence electrons. The van der Waals surface area contributed by atoms with E-state index < -0.39 is 7.26 Å². The third kappa shape index (κ3) is 7.92. The molecule has 0 heterocycles. The van der Waals surface area contributed by atoms with E-state index in [0.717, 1.165) is 18.4 Å². The first-order valence-corrected chi connectivity index (χ1v) is 17.2. The molecule has 4 nitrogen and oxygen atoms in total. The van der Waals surface area contributed by atoms with Crippen LogP contribution in [-0.2, 0) is 6.42 Å². The van der Waals surface area contributed by atoms with Gasteiger partial charge in [-0.2, -0.15) is 0 Å². The van der Waals surface area contributed by atoms with Crippen LogP contribution in [0.2, 0.25) is 0 Å². The van der Waals surface area contributed by atoms with Crippen molar-refractivity contribution in [1.29, 1.82) is 0 Å². The standard InChI is InChI=1S/C37H45O4P.CH4/c1-29-33(35(39)37(41-3)36(40-2)34(29)38)27-19-8-6-4-5-7-9-20-28-42(30-21-13-10-14-22-30,31-23-15-11-16-24-31)32-25-17-12-18-26-32;/h10-18,21-26H,4-9,19-20,27-28H2,1-3H3,(H-,38,39);1H4/p+1. The van der Waals surface area contributed by atoms with Gasteiger partial charge < -0.3 is 19.7 Å². The summed E-state index contributed by atoms with van der Waals surface area (Å²) in [6, 6.07) is 33.5. The molecule has 0 bridgehead atoms. The Morgan fingerprint density at radius 1 is 0.535 bits per heavy atom. The smallest absolute Gasteiger partial charge is 0.207 e. The van der Waals surface area contributed by atoms with E-state index in [1.165, 1.54) is 74.8 Å².